The second kappa shape index (κ2) is 3.80. The highest BCUT2D eigenvalue weighted by Gasteiger charge is 2.10. The number of fused-ring (bicyclic) bond motifs is 1. The number of halogens is 1. The molecule has 0 saturated carbocycles. The van der Waals surface area contributed by atoms with Crippen LogP contribution in [-0.2, 0) is 7.05 Å². The predicted octanol–water partition coefficient (Wildman–Crippen LogP) is 2.36. The van der Waals surface area contributed by atoms with Crippen LogP contribution in [-0.4, -0.2) is 14.5 Å². The highest BCUT2D eigenvalue weighted by molar-refractivity contribution is 5.80. The van der Waals surface area contributed by atoms with Crippen LogP contribution >= 0.6 is 0 Å². The molecule has 4 nitrogen and oxygen atoms in total. The van der Waals surface area contributed by atoms with Crippen molar-refractivity contribution in [2.75, 3.05) is 5.73 Å². The first kappa shape index (κ1) is 10.7. The molecular formula is C13H11FN4. The molecule has 5 heteroatoms. The third-order valence-corrected chi connectivity index (χ3v) is 2.88. The van der Waals surface area contributed by atoms with Crippen molar-refractivity contribution < 1.29 is 4.39 Å². The van der Waals surface area contributed by atoms with Gasteiger partial charge in [0.1, 0.15) is 17.5 Å². The number of pyridine rings is 1. The number of hydrogen-bond donors (Lipinski definition) is 1. The summed E-state index contributed by atoms with van der Waals surface area (Å²) in [5.41, 5.74) is 8.02. The molecule has 1 aromatic carbocycles. The zero-order valence-corrected chi connectivity index (χ0v) is 9.76. The average Bonchev–Trinajstić information content (AvgIpc) is 2.66. The van der Waals surface area contributed by atoms with E-state index in [-0.39, 0.29) is 5.82 Å². The summed E-state index contributed by atoms with van der Waals surface area (Å²) >= 11 is 0. The third-order valence-electron chi connectivity index (χ3n) is 2.88. The summed E-state index contributed by atoms with van der Waals surface area (Å²) in [6.07, 6.45) is 1.63. The Morgan fingerprint density at radius 1 is 1.22 bits per heavy atom. The van der Waals surface area contributed by atoms with E-state index in [1.54, 1.807) is 18.3 Å². The molecule has 0 atom stereocenters. The number of hydrogen-bond acceptors (Lipinski definition) is 3. The Balaban J connectivity index is 2.27. The highest BCUT2D eigenvalue weighted by Crippen LogP contribution is 2.24. The lowest BCUT2D eigenvalue weighted by Gasteiger charge is -2.02. The molecule has 18 heavy (non-hydrogen) atoms. The number of nitrogen functional groups attached to an aromatic ring is 1. The van der Waals surface area contributed by atoms with Gasteiger partial charge in [0, 0.05) is 24.9 Å². The molecule has 2 heterocycles. The first-order valence-electron chi connectivity index (χ1n) is 5.49. The number of imidazole rings is 1. The number of aromatic nitrogens is 3. The van der Waals surface area contributed by atoms with E-state index in [1.807, 2.05) is 17.7 Å². The van der Waals surface area contributed by atoms with E-state index < -0.39 is 0 Å². The predicted molar refractivity (Wildman–Crippen MR) is 68.3 cm³/mol. The van der Waals surface area contributed by atoms with Crippen LogP contribution in [0.15, 0.2) is 36.5 Å². The Kier molecular flexibility index (Phi) is 2.26. The number of anilines is 1. The van der Waals surface area contributed by atoms with Crippen molar-refractivity contribution in [2.24, 2.45) is 7.05 Å². The third kappa shape index (κ3) is 1.60. The summed E-state index contributed by atoms with van der Waals surface area (Å²) < 4.78 is 15.1. The molecule has 2 aromatic heterocycles. The lowest BCUT2D eigenvalue weighted by atomic mass is 10.2. The van der Waals surface area contributed by atoms with Crippen LogP contribution in [0.1, 0.15) is 0 Å². The smallest absolute Gasteiger partial charge is 0.141 e. The van der Waals surface area contributed by atoms with E-state index in [0.29, 0.717) is 11.3 Å². The maximum absolute atomic E-state index is 13.2. The SMILES string of the molecule is Cn1c(-c2ccnc(N)c2)nc2cc(F)ccc21. The maximum Gasteiger partial charge on any atom is 0.141 e. The Labute approximate surface area is 103 Å². The van der Waals surface area contributed by atoms with Gasteiger partial charge in [-0.1, -0.05) is 0 Å². The van der Waals surface area contributed by atoms with Crippen molar-refractivity contribution in [2.45, 2.75) is 0 Å². The molecule has 0 radical (unpaired) electrons. The summed E-state index contributed by atoms with van der Waals surface area (Å²) in [6, 6.07) is 8.13. The van der Waals surface area contributed by atoms with E-state index in [2.05, 4.69) is 9.97 Å². The second-order valence-corrected chi connectivity index (χ2v) is 4.10. The van der Waals surface area contributed by atoms with E-state index in [1.165, 1.54) is 12.1 Å². The number of nitrogens with two attached hydrogens (primary N) is 1. The minimum Gasteiger partial charge on any atom is -0.384 e. The van der Waals surface area contributed by atoms with E-state index >= 15 is 0 Å². The molecule has 0 bridgehead atoms. The number of aryl methyl sites for hydroxylation is 1. The van der Waals surface area contributed by atoms with Gasteiger partial charge in [-0.15, -0.1) is 0 Å². The monoisotopic (exact) mass is 242 g/mol. The van der Waals surface area contributed by atoms with E-state index in [4.69, 9.17) is 5.73 Å². The molecule has 0 amide bonds. The van der Waals surface area contributed by atoms with Crippen LogP contribution < -0.4 is 5.73 Å². The Hall–Kier alpha value is -2.43. The molecule has 90 valence electrons. The van der Waals surface area contributed by atoms with Gasteiger partial charge in [-0.05, 0) is 24.3 Å². The average molecular weight is 242 g/mol. The first-order chi connectivity index (χ1) is 8.65. The summed E-state index contributed by atoms with van der Waals surface area (Å²) in [4.78, 5) is 8.37. The van der Waals surface area contributed by atoms with Crippen molar-refractivity contribution in [3.8, 4) is 11.4 Å². The van der Waals surface area contributed by atoms with Crippen LogP contribution in [0.3, 0.4) is 0 Å². The molecule has 0 unspecified atom stereocenters. The molecule has 3 aromatic rings. The number of benzene rings is 1. The molecule has 3 rings (SSSR count). The van der Waals surface area contributed by atoms with Crippen LogP contribution in [0, 0.1) is 5.82 Å². The summed E-state index contributed by atoms with van der Waals surface area (Å²) in [5, 5.41) is 0. The van der Waals surface area contributed by atoms with Crippen molar-refractivity contribution in [3.63, 3.8) is 0 Å². The Morgan fingerprint density at radius 2 is 2.06 bits per heavy atom. The van der Waals surface area contributed by atoms with Gasteiger partial charge >= 0.3 is 0 Å². The van der Waals surface area contributed by atoms with Crippen molar-refractivity contribution in [1.29, 1.82) is 0 Å². The molecule has 0 fully saturated rings. The molecular weight excluding hydrogens is 231 g/mol. The number of nitrogens with zero attached hydrogens (tertiary/aromatic N) is 3. The van der Waals surface area contributed by atoms with Gasteiger partial charge in [0.05, 0.1) is 11.0 Å². The molecule has 0 aliphatic rings. The lowest BCUT2D eigenvalue weighted by molar-refractivity contribution is 0.629. The standard InChI is InChI=1S/C13H11FN4/c1-18-11-3-2-9(14)7-10(11)17-13(18)8-4-5-16-12(15)6-8/h2-7H,1H3,(H2,15,16). The minimum absolute atomic E-state index is 0.290. The zero-order valence-electron chi connectivity index (χ0n) is 9.76. The zero-order chi connectivity index (χ0) is 12.7. The summed E-state index contributed by atoms with van der Waals surface area (Å²) in [7, 11) is 1.89. The summed E-state index contributed by atoms with van der Waals surface area (Å²) in [5.74, 6) is 0.886. The normalized spacial score (nSPS) is 11.0. The van der Waals surface area contributed by atoms with Crippen molar-refractivity contribution in [3.05, 3.63) is 42.3 Å². The van der Waals surface area contributed by atoms with Crippen LogP contribution in [0.25, 0.3) is 22.4 Å². The second-order valence-electron chi connectivity index (χ2n) is 4.10. The lowest BCUT2D eigenvalue weighted by Crippen LogP contribution is -1.95. The molecule has 0 saturated heterocycles. The van der Waals surface area contributed by atoms with Gasteiger partial charge in [0.2, 0.25) is 0 Å². The molecule has 0 spiro atoms. The Morgan fingerprint density at radius 3 is 2.83 bits per heavy atom. The first-order valence-corrected chi connectivity index (χ1v) is 5.49. The van der Waals surface area contributed by atoms with Crippen LogP contribution in [0.5, 0.6) is 0 Å². The van der Waals surface area contributed by atoms with Crippen molar-refractivity contribution in [1.82, 2.24) is 14.5 Å². The minimum atomic E-state index is -0.290. The Bertz CT molecular complexity index is 733. The van der Waals surface area contributed by atoms with Crippen LogP contribution in [0.2, 0.25) is 0 Å². The van der Waals surface area contributed by atoms with Crippen LogP contribution in [0.4, 0.5) is 10.2 Å². The topological polar surface area (TPSA) is 56.7 Å². The summed E-state index contributed by atoms with van der Waals surface area (Å²) in [6.45, 7) is 0. The van der Waals surface area contributed by atoms with Gasteiger partial charge < -0.3 is 10.3 Å². The maximum atomic E-state index is 13.2. The van der Waals surface area contributed by atoms with Gasteiger partial charge in [0.15, 0.2) is 0 Å². The fraction of sp³-hybridized carbons (Fsp3) is 0.0769. The molecule has 0 aliphatic heterocycles. The highest BCUT2D eigenvalue weighted by atomic mass is 19.1. The molecule has 2 N–H and O–H groups in total. The fourth-order valence-electron chi connectivity index (χ4n) is 2.02. The van der Waals surface area contributed by atoms with E-state index in [9.17, 15) is 4.39 Å². The van der Waals surface area contributed by atoms with E-state index in [0.717, 1.165) is 16.9 Å². The molecule has 0 aliphatic carbocycles. The van der Waals surface area contributed by atoms with Crippen molar-refractivity contribution >= 4 is 16.9 Å². The van der Waals surface area contributed by atoms with Gasteiger partial charge in [-0.3, -0.25) is 0 Å². The fourth-order valence-corrected chi connectivity index (χ4v) is 2.02. The van der Waals surface area contributed by atoms with Gasteiger partial charge in [-0.25, -0.2) is 14.4 Å². The van der Waals surface area contributed by atoms with Gasteiger partial charge in [0.25, 0.3) is 0 Å². The van der Waals surface area contributed by atoms with Gasteiger partial charge in [-0.2, -0.15) is 0 Å². The largest absolute Gasteiger partial charge is 0.384 e. The number of rotatable bonds is 1. The quantitative estimate of drug-likeness (QED) is 0.712.